The summed E-state index contributed by atoms with van der Waals surface area (Å²) in [6, 6.07) is 4.06. The summed E-state index contributed by atoms with van der Waals surface area (Å²) in [5.74, 6) is -0.305. The van der Waals surface area contributed by atoms with E-state index in [2.05, 4.69) is 0 Å². The highest BCUT2D eigenvalue weighted by atomic mass is 19.1. The lowest BCUT2D eigenvalue weighted by Crippen LogP contribution is -2.26. The maximum atomic E-state index is 13.0. The first-order valence-electron chi connectivity index (χ1n) is 5.55. The topological polar surface area (TPSA) is 66.6 Å². The van der Waals surface area contributed by atoms with E-state index in [0.29, 0.717) is 30.8 Å². The van der Waals surface area contributed by atoms with Gasteiger partial charge in [-0.15, -0.1) is 0 Å². The lowest BCUT2D eigenvalue weighted by atomic mass is 10.1. The Morgan fingerprint density at radius 1 is 1.53 bits per heavy atom. The van der Waals surface area contributed by atoms with Crippen LogP contribution in [0.5, 0.6) is 0 Å². The first-order chi connectivity index (χ1) is 8.15. The second-order valence-electron chi connectivity index (χ2n) is 4.24. The van der Waals surface area contributed by atoms with E-state index in [1.54, 1.807) is 4.90 Å². The fraction of sp³-hybridized carbons (Fsp3) is 0.417. The van der Waals surface area contributed by atoms with Crippen molar-refractivity contribution in [1.82, 2.24) is 0 Å². The summed E-state index contributed by atoms with van der Waals surface area (Å²) in [7, 11) is 0. The van der Waals surface area contributed by atoms with Gasteiger partial charge in [0.05, 0.1) is 6.61 Å². The quantitative estimate of drug-likeness (QED) is 0.811. The number of benzene rings is 1. The number of amides is 1. The molecule has 1 saturated heterocycles. The maximum absolute atomic E-state index is 13.0. The largest absolute Gasteiger partial charge is 0.392 e. The molecule has 1 aliphatic heterocycles. The molecule has 1 heterocycles. The number of carbonyl (C=O) groups excluding carboxylic acids is 1. The van der Waals surface area contributed by atoms with Gasteiger partial charge in [0.1, 0.15) is 5.82 Å². The number of hydrogen-bond donors (Lipinski definition) is 2. The summed E-state index contributed by atoms with van der Waals surface area (Å²) in [5, 5.41) is 9.18. The van der Waals surface area contributed by atoms with E-state index in [4.69, 9.17) is 5.73 Å². The highest BCUT2D eigenvalue weighted by Crippen LogP contribution is 2.28. The molecule has 4 nitrogen and oxygen atoms in total. The number of nitrogens with zero attached hydrogens (tertiary/aromatic N) is 1. The Kier molecular flexibility index (Phi) is 3.40. The van der Waals surface area contributed by atoms with Crippen molar-refractivity contribution < 1.29 is 14.3 Å². The molecule has 0 radical (unpaired) electrons. The molecular formula is C12H15FN2O2. The van der Waals surface area contributed by atoms with Crippen LogP contribution in [-0.4, -0.2) is 24.1 Å². The van der Waals surface area contributed by atoms with Crippen LogP contribution in [0.25, 0.3) is 0 Å². The van der Waals surface area contributed by atoms with Crippen LogP contribution < -0.4 is 10.6 Å². The van der Waals surface area contributed by atoms with Crippen molar-refractivity contribution in [3.8, 4) is 0 Å². The molecule has 1 aromatic carbocycles. The minimum absolute atomic E-state index is 0.0261. The van der Waals surface area contributed by atoms with E-state index < -0.39 is 5.82 Å². The Balaban J connectivity index is 2.31. The zero-order valence-corrected chi connectivity index (χ0v) is 9.40. The van der Waals surface area contributed by atoms with Gasteiger partial charge in [-0.2, -0.15) is 0 Å². The van der Waals surface area contributed by atoms with Gasteiger partial charge in [0.2, 0.25) is 5.91 Å². The van der Waals surface area contributed by atoms with Crippen molar-refractivity contribution in [2.45, 2.75) is 13.0 Å². The molecule has 0 spiro atoms. The third kappa shape index (κ3) is 2.30. The van der Waals surface area contributed by atoms with Gasteiger partial charge < -0.3 is 15.7 Å². The predicted molar refractivity (Wildman–Crippen MR) is 61.8 cm³/mol. The molecule has 5 heteroatoms. The molecule has 0 saturated carbocycles. The van der Waals surface area contributed by atoms with Crippen LogP contribution in [0.1, 0.15) is 12.0 Å². The van der Waals surface area contributed by atoms with Gasteiger partial charge in [-0.05, 0) is 30.7 Å². The Morgan fingerprint density at radius 3 is 2.88 bits per heavy atom. The zero-order chi connectivity index (χ0) is 12.4. The Bertz CT molecular complexity index is 437. The molecule has 0 bridgehead atoms. The van der Waals surface area contributed by atoms with E-state index in [0.717, 1.165) is 0 Å². The standard InChI is InChI=1S/C12H15FN2O2/c13-10-1-2-11(9(4-10)7-16)15-6-8(5-14)3-12(15)17/h1-2,4,8,16H,3,5-7,14H2. The normalized spacial score (nSPS) is 20.1. The van der Waals surface area contributed by atoms with Gasteiger partial charge in [-0.25, -0.2) is 4.39 Å². The first-order valence-corrected chi connectivity index (χ1v) is 5.55. The van der Waals surface area contributed by atoms with E-state index in [1.807, 2.05) is 0 Å². The number of carbonyl (C=O) groups is 1. The summed E-state index contributed by atoms with van der Waals surface area (Å²) in [4.78, 5) is 13.4. The number of aliphatic hydroxyl groups excluding tert-OH is 1. The Hall–Kier alpha value is -1.46. The highest BCUT2D eigenvalue weighted by molar-refractivity contribution is 5.96. The smallest absolute Gasteiger partial charge is 0.227 e. The van der Waals surface area contributed by atoms with Crippen LogP contribution in [0.2, 0.25) is 0 Å². The van der Waals surface area contributed by atoms with Crippen LogP contribution >= 0.6 is 0 Å². The molecule has 17 heavy (non-hydrogen) atoms. The van der Waals surface area contributed by atoms with Gasteiger partial charge in [0.15, 0.2) is 0 Å². The lowest BCUT2D eigenvalue weighted by molar-refractivity contribution is -0.117. The maximum Gasteiger partial charge on any atom is 0.227 e. The number of aliphatic hydroxyl groups is 1. The molecule has 1 atom stereocenters. The van der Waals surface area contributed by atoms with Crippen molar-refractivity contribution in [3.05, 3.63) is 29.6 Å². The Morgan fingerprint density at radius 2 is 2.29 bits per heavy atom. The Labute approximate surface area is 98.8 Å². The molecule has 0 aromatic heterocycles. The van der Waals surface area contributed by atoms with Gasteiger partial charge in [-0.3, -0.25) is 4.79 Å². The summed E-state index contributed by atoms with van der Waals surface area (Å²) >= 11 is 0. The van der Waals surface area contributed by atoms with Crippen LogP contribution in [0, 0.1) is 11.7 Å². The molecular weight excluding hydrogens is 223 g/mol. The molecule has 1 aromatic rings. The van der Waals surface area contributed by atoms with Crippen LogP contribution in [0.3, 0.4) is 0 Å². The van der Waals surface area contributed by atoms with Crippen LogP contribution in [-0.2, 0) is 11.4 Å². The number of rotatable bonds is 3. The number of hydrogen-bond acceptors (Lipinski definition) is 3. The molecule has 1 unspecified atom stereocenters. The van der Waals surface area contributed by atoms with E-state index in [-0.39, 0.29) is 18.4 Å². The van der Waals surface area contributed by atoms with Gasteiger partial charge in [0.25, 0.3) is 0 Å². The van der Waals surface area contributed by atoms with Gasteiger partial charge in [-0.1, -0.05) is 0 Å². The zero-order valence-electron chi connectivity index (χ0n) is 9.40. The first kappa shape index (κ1) is 12.0. The average molecular weight is 238 g/mol. The summed E-state index contributed by atoms with van der Waals surface area (Å²) in [6.07, 6.45) is 0.415. The molecule has 3 N–H and O–H groups in total. The SMILES string of the molecule is NCC1CC(=O)N(c2ccc(F)cc2CO)C1. The fourth-order valence-electron chi connectivity index (χ4n) is 2.12. The second kappa shape index (κ2) is 4.81. The van der Waals surface area contributed by atoms with Crippen molar-refractivity contribution in [2.24, 2.45) is 11.7 Å². The number of halogens is 1. The van der Waals surface area contributed by atoms with Crippen LogP contribution in [0.4, 0.5) is 10.1 Å². The van der Waals surface area contributed by atoms with Crippen LogP contribution in [0.15, 0.2) is 18.2 Å². The van der Waals surface area contributed by atoms with E-state index >= 15 is 0 Å². The lowest BCUT2D eigenvalue weighted by Gasteiger charge is -2.19. The number of anilines is 1. The minimum atomic E-state index is -0.417. The molecule has 1 fully saturated rings. The van der Waals surface area contributed by atoms with Crippen molar-refractivity contribution >= 4 is 11.6 Å². The van der Waals surface area contributed by atoms with Gasteiger partial charge >= 0.3 is 0 Å². The summed E-state index contributed by atoms with van der Waals surface area (Å²) in [5.41, 5.74) is 6.55. The van der Waals surface area contributed by atoms with Crippen molar-refractivity contribution in [2.75, 3.05) is 18.0 Å². The molecule has 92 valence electrons. The fourth-order valence-corrected chi connectivity index (χ4v) is 2.12. The van der Waals surface area contributed by atoms with Crippen molar-refractivity contribution in [3.63, 3.8) is 0 Å². The monoisotopic (exact) mass is 238 g/mol. The van der Waals surface area contributed by atoms with E-state index in [9.17, 15) is 14.3 Å². The molecule has 1 aliphatic rings. The van der Waals surface area contributed by atoms with E-state index in [1.165, 1.54) is 18.2 Å². The predicted octanol–water partition coefficient (Wildman–Crippen LogP) is 0.630. The molecule has 2 rings (SSSR count). The third-order valence-corrected chi connectivity index (χ3v) is 3.04. The summed E-state index contributed by atoms with van der Waals surface area (Å²) < 4.78 is 13.0. The van der Waals surface area contributed by atoms with Crippen molar-refractivity contribution in [1.29, 1.82) is 0 Å². The van der Waals surface area contributed by atoms with Gasteiger partial charge in [0, 0.05) is 24.2 Å². The highest BCUT2D eigenvalue weighted by Gasteiger charge is 2.30. The number of nitrogens with two attached hydrogens (primary N) is 1. The summed E-state index contributed by atoms with van der Waals surface area (Å²) in [6.45, 7) is 0.704. The molecule has 1 amide bonds. The molecule has 0 aliphatic carbocycles. The average Bonchev–Trinajstić information content (AvgIpc) is 2.70. The third-order valence-electron chi connectivity index (χ3n) is 3.04. The minimum Gasteiger partial charge on any atom is -0.392 e. The second-order valence-corrected chi connectivity index (χ2v) is 4.24.